The number of furan rings is 1. The van der Waals surface area contributed by atoms with E-state index in [0.717, 1.165) is 0 Å². The average molecular weight is 655 g/mol. The van der Waals surface area contributed by atoms with Gasteiger partial charge in [0.25, 0.3) is 0 Å². The molecule has 10 heteroatoms. The lowest BCUT2D eigenvalue weighted by Crippen LogP contribution is -2.29. The fourth-order valence-corrected chi connectivity index (χ4v) is 5.44. The van der Waals surface area contributed by atoms with Crippen molar-refractivity contribution in [1.82, 2.24) is 9.97 Å². The monoisotopic (exact) mass is 654 g/mol. The van der Waals surface area contributed by atoms with Crippen LogP contribution in [0.25, 0.3) is 33.7 Å². The van der Waals surface area contributed by atoms with Crippen LogP contribution in [0, 0.1) is 5.82 Å². The number of carboxylic acid groups (broad SMARTS) is 1. The topological polar surface area (TPSA) is 104 Å². The Labute approximate surface area is 259 Å². The molecule has 0 aliphatic rings. The Morgan fingerprint density at radius 2 is 1.66 bits per heavy atom. The number of carboxylic acids is 1. The Kier molecular flexibility index (Phi) is 8.25. The first kappa shape index (κ1) is 28.9. The zero-order valence-electron chi connectivity index (χ0n) is 23.2. The van der Waals surface area contributed by atoms with Crippen LogP contribution in [-0.2, 0) is 11.2 Å². The van der Waals surface area contributed by atoms with E-state index in [4.69, 9.17) is 18.6 Å². The Morgan fingerprint density at radius 3 is 2.43 bits per heavy atom. The Hall–Kier alpha value is -5.22. The SMILES string of the molecule is COc1ccccc1-c1nccc(Oc2ccccc2CC(Oc2cccc3oc(-c4ccc(F)cc4)c(Br)c23)C(=O)O)n1. The molecule has 1 atom stereocenters. The summed E-state index contributed by atoms with van der Waals surface area (Å²) in [5.41, 5.74) is 2.44. The van der Waals surface area contributed by atoms with Crippen molar-refractivity contribution in [2.45, 2.75) is 12.5 Å². The molecule has 1 unspecified atom stereocenters. The first-order valence-corrected chi connectivity index (χ1v) is 14.3. The van der Waals surface area contributed by atoms with Gasteiger partial charge in [-0.05, 0) is 76.1 Å². The molecule has 6 rings (SSSR count). The summed E-state index contributed by atoms with van der Waals surface area (Å²) in [6.07, 6.45) is 0.308. The summed E-state index contributed by atoms with van der Waals surface area (Å²) in [5, 5.41) is 10.7. The van der Waals surface area contributed by atoms with E-state index in [1.807, 2.05) is 24.3 Å². The van der Waals surface area contributed by atoms with E-state index >= 15 is 0 Å². The number of nitrogens with zero attached hydrogens (tertiary/aromatic N) is 2. The molecule has 1 N–H and O–H groups in total. The second-order valence-corrected chi connectivity index (χ2v) is 10.5. The van der Waals surface area contributed by atoms with Gasteiger partial charge < -0.3 is 23.7 Å². The highest BCUT2D eigenvalue weighted by molar-refractivity contribution is 9.10. The number of hydrogen-bond acceptors (Lipinski definition) is 7. The first-order valence-electron chi connectivity index (χ1n) is 13.5. The molecule has 2 heterocycles. The molecule has 0 radical (unpaired) electrons. The number of halogens is 2. The first-order chi connectivity index (χ1) is 21.4. The number of aliphatic carboxylic acids is 1. The van der Waals surface area contributed by atoms with Gasteiger partial charge in [-0.3, -0.25) is 0 Å². The molecular formula is C34H24BrFN2O6. The van der Waals surface area contributed by atoms with Gasteiger partial charge in [-0.15, -0.1) is 0 Å². The third-order valence-electron chi connectivity index (χ3n) is 6.84. The molecule has 0 aliphatic heterocycles. The van der Waals surface area contributed by atoms with E-state index < -0.39 is 12.1 Å². The van der Waals surface area contributed by atoms with Crippen LogP contribution < -0.4 is 14.2 Å². The summed E-state index contributed by atoms with van der Waals surface area (Å²) in [4.78, 5) is 21.4. The zero-order valence-corrected chi connectivity index (χ0v) is 24.8. The molecular weight excluding hydrogens is 631 g/mol. The predicted octanol–water partition coefficient (Wildman–Crippen LogP) is 8.33. The van der Waals surface area contributed by atoms with E-state index in [1.165, 1.54) is 12.1 Å². The molecule has 8 nitrogen and oxygen atoms in total. The van der Waals surface area contributed by atoms with Crippen molar-refractivity contribution in [1.29, 1.82) is 0 Å². The van der Waals surface area contributed by atoms with Gasteiger partial charge in [-0.1, -0.05) is 36.4 Å². The summed E-state index contributed by atoms with van der Waals surface area (Å²) >= 11 is 3.58. The van der Waals surface area contributed by atoms with Gasteiger partial charge in [0.05, 0.1) is 22.5 Å². The quantitative estimate of drug-likeness (QED) is 0.157. The van der Waals surface area contributed by atoms with Crippen molar-refractivity contribution in [3.8, 4) is 45.8 Å². The van der Waals surface area contributed by atoms with E-state index in [2.05, 4.69) is 25.9 Å². The van der Waals surface area contributed by atoms with Gasteiger partial charge >= 0.3 is 5.97 Å². The minimum atomic E-state index is -1.27. The van der Waals surface area contributed by atoms with Crippen LogP contribution in [0.3, 0.4) is 0 Å². The summed E-state index contributed by atoms with van der Waals surface area (Å²) in [7, 11) is 1.58. The van der Waals surface area contributed by atoms with Gasteiger partial charge in [0.15, 0.2) is 11.9 Å². The zero-order chi connectivity index (χ0) is 30.6. The van der Waals surface area contributed by atoms with Crippen molar-refractivity contribution in [3.05, 3.63) is 119 Å². The predicted molar refractivity (Wildman–Crippen MR) is 166 cm³/mol. The van der Waals surface area contributed by atoms with Crippen molar-refractivity contribution in [3.63, 3.8) is 0 Å². The van der Waals surface area contributed by atoms with Gasteiger partial charge in [0.1, 0.15) is 34.4 Å². The standard InChI is InChI=1S/C34H24BrFN2O6/c1-41-25-10-5-3-8-23(25)33-37-18-17-29(38-33)43-24-9-4-2-7-21(24)19-28(34(39)40)42-26-11-6-12-27-30(26)31(35)32(44-27)20-13-15-22(36)16-14-20/h2-18,28H,19H2,1H3,(H,39,40). The van der Waals surface area contributed by atoms with Crippen LogP contribution >= 0.6 is 15.9 Å². The fraction of sp³-hybridized carbons (Fsp3) is 0.0882. The lowest BCUT2D eigenvalue weighted by atomic mass is 10.1. The highest BCUT2D eigenvalue weighted by atomic mass is 79.9. The molecule has 44 heavy (non-hydrogen) atoms. The van der Waals surface area contributed by atoms with Crippen LogP contribution in [0.1, 0.15) is 5.56 Å². The molecule has 0 amide bonds. The van der Waals surface area contributed by atoms with Crippen molar-refractivity contribution < 1.29 is 32.9 Å². The number of fused-ring (bicyclic) bond motifs is 1. The molecule has 0 saturated carbocycles. The molecule has 0 bridgehead atoms. The molecule has 2 aromatic heterocycles. The van der Waals surface area contributed by atoms with Gasteiger partial charge in [-0.2, -0.15) is 4.98 Å². The number of methoxy groups -OCH3 is 1. The highest BCUT2D eigenvalue weighted by Crippen LogP contribution is 2.42. The van der Waals surface area contributed by atoms with E-state index in [9.17, 15) is 14.3 Å². The minimum absolute atomic E-state index is 0.00731. The van der Waals surface area contributed by atoms with Gasteiger partial charge in [0.2, 0.25) is 5.88 Å². The van der Waals surface area contributed by atoms with E-state index in [1.54, 1.807) is 74.0 Å². The van der Waals surface area contributed by atoms with Gasteiger partial charge in [0, 0.05) is 24.2 Å². The van der Waals surface area contributed by atoms with Gasteiger partial charge in [-0.25, -0.2) is 14.2 Å². The van der Waals surface area contributed by atoms with Crippen molar-refractivity contribution >= 4 is 32.9 Å². The normalized spacial score (nSPS) is 11.7. The van der Waals surface area contributed by atoms with Crippen molar-refractivity contribution in [2.75, 3.05) is 7.11 Å². The number of hydrogen-bond donors (Lipinski definition) is 1. The van der Waals surface area contributed by atoms with Crippen molar-refractivity contribution in [2.24, 2.45) is 0 Å². The van der Waals surface area contributed by atoms with Crippen LogP contribution in [-0.4, -0.2) is 34.3 Å². The number of ether oxygens (including phenoxy) is 3. The number of aromatic nitrogens is 2. The number of rotatable bonds is 10. The molecule has 220 valence electrons. The molecule has 0 fully saturated rings. The second kappa shape index (κ2) is 12.6. The fourth-order valence-electron chi connectivity index (χ4n) is 4.74. The van der Waals surface area contributed by atoms with Crippen LogP contribution in [0.4, 0.5) is 4.39 Å². The Balaban J connectivity index is 1.28. The second-order valence-electron chi connectivity index (χ2n) is 9.66. The van der Waals surface area contributed by atoms with Crippen LogP contribution in [0.15, 0.2) is 112 Å². The molecule has 0 aliphatic carbocycles. The summed E-state index contributed by atoms with van der Waals surface area (Å²) < 4.78 is 37.8. The number of carbonyl (C=O) groups is 1. The highest BCUT2D eigenvalue weighted by Gasteiger charge is 2.25. The third kappa shape index (κ3) is 5.97. The lowest BCUT2D eigenvalue weighted by Gasteiger charge is -2.18. The molecule has 6 aromatic rings. The third-order valence-corrected chi connectivity index (χ3v) is 7.60. The van der Waals surface area contributed by atoms with E-state index in [0.29, 0.717) is 61.0 Å². The van der Waals surface area contributed by atoms with Crippen LogP contribution in [0.5, 0.6) is 23.1 Å². The number of para-hydroxylation sites is 2. The lowest BCUT2D eigenvalue weighted by molar-refractivity contribution is -0.144. The molecule has 0 spiro atoms. The average Bonchev–Trinajstić information content (AvgIpc) is 3.39. The van der Waals surface area contributed by atoms with E-state index in [-0.39, 0.29) is 18.1 Å². The minimum Gasteiger partial charge on any atom is -0.496 e. The Morgan fingerprint density at radius 1 is 0.932 bits per heavy atom. The largest absolute Gasteiger partial charge is 0.496 e. The summed E-state index contributed by atoms with van der Waals surface area (Å²) in [5.74, 6) is 1.01. The maximum Gasteiger partial charge on any atom is 0.345 e. The maximum absolute atomic E-state index is 13.5. The summed E-state index contributed by atoms with van der Waals surface area (Å²) in [6.45, 7) is 0. The number of benzene rings is 4. The Bertz CT molecular complexity index is 1960. The van der Waals surface area contributed by atoms with Crippen LogP contribution in [0.2, 0.25) is 0 Å². The molecule has 4 aromatic carbocycles. The smallest absolute Gasteiger partial charge is 0.345 e. The maximum atomic E-state index is 13.5. The summed E-state index contributed by atoms with van der Waals surface area (Å²) in [6, 6.07) is 27.1. The molecule has 0 saturated heterocycles.